The van der Waals surface area contributed by atoms with E-state index in [0.717, 1.165) is 39.8 Å². The molecule has 0 spiro atoms. The molecule has 6 aromatic rings. The van der Waals surface area contributed by atoms with Crippen LogP contribution in [0.5, 0.6) is 11.5 Å². The average molecular weight is 833 g/mol. The molecule has 0 saturated carbocycles. The Morgan fingerprint density at radius 2 is 1.13 bits per heavy atom. The van der Waals surface area contributed by atoms with Gasteiger partial charge in [-0.2, -0.15) is 10.2 Å². The monoisotopic (exact) mass is 832 g/mol. The Kier molecular flexibility index (Phi) is 12.7. The lowest BCUT2D eigenvalue weighted by atomic mass is 10.1. The van der Waals surface area contributed by atoms with Gasteiger partial charge >= 0.3 is 11.9 Å². The predicted octanol–water partition coefficient (Wildman–Crippen LogP) is 8.47. The van der Waals surface area contributed by atoms with Gasteiger partial charge in [0.25, 0.3) is 0 Å². The summed E-state index contributed by atoms with van der Waals surface area (Å²) in [5, 5.41) is 8.46. The molecule has 0 fully saturated rings. The highest BCUT2D eigenvalue weighted by Crippen LogP contribution is 2.30. The summed E-state index contributed by atoms with van der Waals surface area (Å²) >= 11 is 2.13. The Morgan fingerprint density at radius 1 is 0.679 bits per heavy atom. The van der Waals surface area contributed by atoms with E-state index in [2.05, 4.69) is 49.7 Å². The Morgan fingerprint density at radius 3 is 1.60 bits per heavy atom. The van der Waals surface area contributed by atoms with E-state index in [9.17, 15) is 9.59 Å². The summed E-state index contributed by atoms with van der Waals surface area (Å²) < 4.78 is 27.2. The van der Waals surface area contributed by atoms with Crippen molar-refractivity contribution in [3.05, 3.63) is 117 Å². The second kappa shape index (κ2) is 17.2. The summed E-state index contributed by atoms with van der Waals surface area (Å²) in [7, 11) is 0. The van der Waals surface area contributed by atoms with Gasteiger partial charge in [0.15, 0.2) is 11.3 Å². The summed E-state index contributed by atoms with van der Waals surface area (Å²) in [5.41, 5.74) is 3.23. The number of fused-ring (bicyclic) bond motifs is 2. The van der Waals surface area contributed by atoms with Crippen LogP contribution in [0.3, 0.4) is 0 Å². The molecule has 4 aromatic heterocycles. The molecule has 4 heterocycles. The van der Waals surface area contributed by atoms with Crippen molar-refractivity contribution in [1.29, 1.82) is 0 Å². The van der Waals surface area contributed by atoms with E-state index in [-0.39, 0.29) is 5.56 Å². The zero-order valence-electron chi connectivity index (χ0n) is 31.1. The number of rotatable bonds is 11. The van der Waals surface area contributed by atoms with Crippen LogP contribution in [-0.4, -0.2) is 52.3 Å². The van der Waals surface area contributed by atoms with Crippen molar-refractivity contribution in [2.45, 2.75) is 92.1 Å². The molecule has 0 saturated heterocycles. The molecular weight excluding hydrogens is 787 g/mol. The van der Waals surface area contributed by atoms with Gasteiger partial charge in [0.2, 0.25) is 0 Å². The Hall–Kier alpha value is -5.05. The molecular formula is C40H45IN6O6. The van der Waals surface area contributed by atoms with Crippen LogP contribution in [0.2, 0.25) is 0 Å². The van der Waals surface area contributed by atoms with E-state index >= 15 is 0 Å². The summed E-state index contributed by atoms with van der Waals surface area (Å²) in [6.07, 6.45) is 5.77. The van der Waals surface area contributed by atoms with Gasteiger partial charge in [-0.05, 0) is 88.1 Å². The fraction of sp³-hybridized carbons (Fsp3) is 0.350. The molecule has 13 heteroatoms. The lowest BCUT2D eigenvalue weighted by Gasteiger charge is -2.21. The number of carbonyl (C=O) groups excluding carboxylic acids is 2. The normalized spacial score (nSPS) is 11.5. The minimum atomic E-state index is -0.619. The molecule has 0 aliphatic carbocycles. The van der Waals surface area contributed by atoms with Gasteiger partial charge in [0, 0.05) is 17.8 Å². The Balaban J connectivity index is 0.000000206. The second-order valence-electron chi connectivity index (χ2n) is 14.2. The molecule has 0 bridgehead atoms. The van der Waals surface area contributed by atoms with Crippen LogP contribution in [0.4, 0.5) is 0 Å². The number of hydrogen-bond acceptors (Lipinski definition) is 10. The van der Waals surface area contributed by atoms with Crippen molar-refractivity contribution in [2.24, 2.45) is 0 Å². The van der Waals surface area contributed by atoms with Gasteiger partial charge in [-0.3, -0.25) is 0 Å². The van der Waals surface area contributed by atoms with Gasteiger partial charge in [-0.1, -0.05) is 74.0 Å². The molecule has 0 aliphatic heterocycles. The third-order valence-corrected chi connectivity index (χ3v) is 8.29. The number of carbonyl (C=O) groups is 2. The number of hydrogen-bond donors (Lipinski definition) is 0. The molecule has 2 aromatic carbocycles. The van der Waals surface area contributed by atoms with Crippen LogP contribution < -0.4 is 9.47 Å². The first kappa shape index (κ1) is 39.2. The van der Waals surface area contributed by atoms with Crippen LogP contribution in [0.1, 0.15) is 98.8 Å². The maximum atomic E-state index is 12.9. The van der Waals surface area contributed by atoms with Crippen molar-refractivity contribution >= 4 is 45.8 Å². The van der Waals surface area contributed by atoms with Crippen molar-refractivity contribution in [1.82, 2.24) is 29.2 Å². The van der Waals surface area contributed by atoms with Crippen molar-refractivity contribution in [3.63, 3.8) is 0 Å². The van der Waals surface area contributed by atoms with Crippen molar-refractivity contribution in [2.75, 3.05) is 0 Å². The average Bonchev–Trinajstić information content (AvgIpc) is 3.80. The predicted molar refractivity (Wildman–Crippen MR) is 209 cm³/mol. The fourth-order valence-electron chi connectivity index (χ4n) is 5.21. The minimum absolute atomic E-state index is 0.281. The van der Waals surface area contributed by atoms with Gasteiger partial charge in [0.1, 0.15) is 63.4 Å². The van der Waals surface area contributed by atoms with E-state index in [1.807, 2.05) is 108 Å². The highest BCUT2D eigenvalue weighted by Gasteiger charge is 2.28. The highest BCUT2D eigenvalue weighted by molar-refractivity contribution is 14.1. The second-order valence-corrected chi connectivity index (χ2v) is 15.3. The molecule has 53 heavy (non-hydrogen) atoms. The maximum Gasteiger partial charge on any atom is 0.346 e. The molecule has 0 unspecified atom stereocenters. The zero-order chi connectivity index (χ0) is 38.2. The fourth-order valence-corrected chi connectivity index (χ4v) is 5.85. The number of benzene rings is 2. The summed E-state index contributed by atoms with van der Waals surface area (Å²) in [4.78, 5) is 34.2. The molecule has 0 N–H and O–H groups in total. The number of halogens is 1. The Bertz CT molecular complexity index is 2150. The molecule has 0 amide bonds. The van der Waals surface area contributed by atoms with Crippen LogP contribution in [0, 0.1) is 3.70 Å². The van der Waals surface area contributed by atoms with Gasteiger partial charge in [-0.15, -0.1) is 0 Å². The molecule has 6 rings (SSSR count). The van der Waals surface area contributed by atoms with E-state index in [1.165, 1.54) is 12.7 Å². The van der Waals surface area contributed by atoms with Crippen LogP contribution in [-0.2, 0) is 29.1 Å². The molecule has 12 nitrogen and oxygen atoms in total. The number of aromatic nitrogens is 6. The largest absolute Gasteiger partial charge is 0.488 e. The Labute approximate surface area is 323 Å². The quantitative estimate of drug-likeness (QED) is 0.0712. The standard InChI is InChI=1S/C22H27N3O3.C18H18IN3O3/c1-5-6-12-17-13-18(27-14-16-10-8-7-9-11-16)19(20-23-15-24-25(17)20)21(26)28-22(2,3)4;1-18(2,3)25-17(23)15-13(24-10-12-7-5-4-6-8-12)9-14(19)22-16(15)20-11-21-22/h7-11,13,15H,5-6,12,14H2,1-4H3;4-9,11H,10H2,1-3H3. The summed E-state index contributed by atoms with van der Waals surface area (Å²) in [6, 6.07) is 23.3. The third-order valence-electron chi connectivity index (χ3n) is 7.52. The number of pyridine rings is 2. The van der Waals surface area contributed by atoms with Gasteiger partial charge in [-0.25, -0.2) is 28.6 Å². The molecule has 278 valence electrons. The van der Waals surface area contributed by atoms with Crippen molar-refractivity contribution < 1.29 is 28.5 Å². The number of esters is 2. The number of aryl methyl sites for hydroxylation is 1. The van der Waals surface area contributed by atoms with E-state index in [4.69, 9.17) is 18.9 Å². The van der Waals surface area contributed by atoms with Gasteiger partial charge in [0.05, 0.1) is 0 Å². The number of ether oxygens (including phenoxy) is 4. The first-order valence-electron chi connectivity index (χ1n) is 17.4. The van der Waals surface area contributed by atoms with Crippen LogP contribution in [0.25, 0.3) is 11.3 Å². The first-order chi connectivity index (χ1) is 25.2. The maximum absolute atomic E-state index is 12.9. The van der Waals surface area contributed by atoms with Crippen LogP contribution >= 0.6 is 22.6 Å². The van der Waals surface area contributed by atoms with E-state index < -0.39 is 23.1 Å². The number of nitrogens with zero attached hydrogens (tertiary/aromatic N) is 6. The van der Waals surface area contributed by atoms with E-state index in [1.54, 1.807) is 15.1 Å². The SMILES string of the molecule is CC(C)(C)OC(=O)c1c(OCc2ccccc2)cc(I)n2ncnc12.CCCCc1cc(OCc2ccccc2)c(C(=O)OC(C)(C)C)c2ncnn12. The lowest BCUT2D eigenvalue weighted by Crippen LogP contribution is -2.25. The van der Waals surface area contributed by atoms with Crippen LogP contribution in [0.15, 0.2) is 85.5 Å². The van der Waals surface area contributed by atoms with Crippen molar-refractivity contribution in [3.8, 4) is 11.5 Å². The van der Waals surface area contributed by atoms with E-state index in [0.29, 0.717) is 41.6 Å². The minimum Gasteiger partial charge on any atom is -0.488 e. The zero-order valence-corrected chi connectivity index (χ0v) is 33.3. The summed E-state index contributed by atoms with van der Waals surface area (Å²) in [6.45, 7) is 13.8. The molecule has 0 aliphatic rings. The molecule has 0 radical (unpaired) electrons. The lowest BCUT2D eigenvalue weighted by molar-refractivity contribution is 0.00540. The smallest absolute Gasteiger partial charge is 0.346 e. The number of unbranched alkanes of at least 4 members (excludes halogenated alkanes) is 1. The van der Waals surface area contributed by atoms with Gasteiger partial charge < -0.3 is 18.9 Å². The molecule has 0 atom stereocenters. The third kappa shape index (κ3) is 10.5. The topological polar surface area (TPSA) is 131 Å². The summed E-state index contributed by atoms with van der Waals surface area (Å²) in [5.74, 6) is -0.0340. The first-order valence-corrected chi connectivity index (χ1v) is 18.5. The highest BCUT2D eigenvalue weighted by atomic mass is 127.